The van der Waals surface area contributed by atoms with Crippen LogP contribution in [0.2, 0.25) is 0 Å². The molecule has 0 spiro atoms. The molecule has 0 heterocycles. The van der Waals surface area contributed by atoms with Gasteiger partial charge in [0, 0.05) is 6.04 Å². The summed E-state index contributed by atoms with van der Waals surface area (Å²) in [5, 5.41) is 3.10. The minimum Gasteiger partial charge on any atom is -0.314 e. The van der Waals surface area contributed by atoms with Crippen LogP contribution in [0.1, 0.15) is 33.1 Å². The lowest BCUT2D eigenvalue weighted by Crippen LogP contribution is -2.46. The van der Waals surface area contributed by atoms with Crippen LogP contribution in [-0.4, -0.2) is 19.3 Å². The number of hydrogen-bond donors (Lipinski definition) is 1. The Bertz CT molecular complexity index is 138. The van der Waals surface area contributed by atoms with E-state index in [1.807, 2.05) is 7.05 Å². The number of rotatable bonds is 2. The summed E-state index contributed by atoms with van der Waals surface area (Å²) < 4.78 is 13.5. The zero-order valence-electron chi connectivity index (χ0n) is 8.31. The summed E-state index contributed by atoms with van der Waals surface area (Å²) in [5.74, 6) is 1.10. The van der Waals surface area contributed by atoms with E-state index in [1.165, 1.54) is 6.42 Å². The summed E-state index contributed by atoms with van der Waals surface area (Å²) in [4.78, 5) is 0. The van der Waals surface area contributed by atoms with Gasteiger partial charge in [0.1, 0.15) is 6.17 Å². The number of nitrogens with one attached hydrogen (secondary N) is 1. The highest BCUT2D eigenvalue weighted by atomic mass is 19.1. The lowest BCUT2D eigenvalue weighted by Gasteiger charge is -2.36. The highest BCUT2D eigenvalue weighted by Crippen LogP contribution is 2.32. The summed E-state index contributed by atoms with van der Waals surface area (Å²) in [6.07, 6.45) is 2.38. The van der Waals surface area contributed by atoms with Gasteiger partial charge in [0.2, 0.25) is 0 Å². The summed E-state index contributed by atoms with van der Waals surface area (Å²) in [6.45, 7) is 4.31. The average Bonchev–Trinajstić information content (AvgIpc) is 2.03. The predicted octanol–water partition coefficient (Wildman–Crippen LogP) is 2.37. The molecule has 0 aromatic rings. The summed E-state index contributed by atoms with van der Waals surface area (Å²) in [6, 6.07) is 0.103. The van der Waals surface area contributed by atoms with Gasteiger partial charge in [0.15, 0.2) is 0 Å². The fourth-order valence-corrected chi connectivity index (χ4v) is 2.42. The first kappa shape index (κ1) is 9.97. The quantitative estimate of drug-likeness (QED) is 0.676. The molecular formula is C10H20FN. The maximum atomic E-state index is 13.5. The van der Waals surface area contributed by atoms with Gasteiger partial charge in [0.25, 0.3) is 0 Å². The Balaban J connectivity index is 2.56. The second-order valence-electron chi connectivity index (χ2n) is 4.08. The Labute approximate surface area is 74.7 Å². The molecule has 0 radical (unpaired) electrons. The lowest BCUT2D eigenvalue weighted by molar-refractivity contribution is 0.105. The monoisotopic (exact) mass is 173 g/mol. The van der Waals surface area contributed by atoms with Crippen molar-refractivity contribution in [2.75, 3.05) is 7.05 Å². The molecule has 0 bridgehead atoms. The average molecular weight is 173 g/mol. The van der Waals surface area contributed by atoms with Crippen LogP contribution < -0.4 is 5.32 Å². The van der Waals surface area contributed by atoms with Crippen molar-refractivity contribution in [1.29, 1.82) is 0 Å². The molecular weight excluding hydrogens is 153 g/mol. The van der Waals surface area contributed by atoms with Crippen molar-refractivity contribution < 1.29 is 4.39 Å². The van der Waals surface area contributed by atoms with E-state index in [0.29, 0.717) is 11.8 Å². The molecule has 1 fully saturated rings. The molecule has 0 amide bonds. The van der Waals surface area contributed by atoms with Crippen LogP contribution in [0.5, 0.6) is 0 Å². The molecule has 72 valence electrons. The Kier molecular flexibility index (Phi) is 3.51. The summed E-state index contributed by atoms with van der Waals surface area (Å²) in [5.41, 5.74) is 0. The Morgan fingerprint density at radius 3 is 2.58 bits per heavy atom. The third-order valence-corrected chi connectivity index (χ3v) is 3.09. The van der Waals surface area contributed by atoms with Crippen molar-refractivity contribution in [3.05, 3.63) is 0 Å². The number of halogens is 1. The van der Waals surface area contributed by atoms with E-state index < -0.39 is 6.17 Å². The topological polar surface area (TPSA) is 12.0 Å². The van der Waals surface area contributed by atoms with Crippen molar-refractivity contribution >= 4 is 0 Å². The zero-order chi connectivity index (χ0) is 9.14. The predicted molar refractivity (Wildman–Crippen MR) is 49.9 cm³/mol. The molecule has 0 aromatic heterocycles. The van der Waals surface area contributed by atoms with Gasteiger partial charge in [-0.25, -0.2) is 4.39 Å². The molecule has 1 aliphatic rings. The van der Waals surface area contributed by atoms with Gasteiger partial charge in [-0.3, -0.25) is 0 Å². The Hall–Kier alpha value is -0.110. The lowest BCUT2D eigenvalue weighted by atomic mass is 9.76. The molecule has 0 aromatic carbocycles. The molecule has 1 nitrogen and oxygen atoms in total. The van der Waals surface area contributed by atoms with E-state index in [0.717, 1.165) is 12.8 Å². The van der Waals surface area contributed by atoms with Gasteiger partial charge in [0.05, 0.1) is 0 Å². The first-order valence-electron chi connectivity index (χ1n) is 5.00. The highest BCUT2D eigenvalue weighted by molar-refractivity contribution is 4.88. The van der Waals surface area contributed by atoms with Crippen LogP contribution in [0.15, 0.2) is 0 Å². The van der Waals surface area contributed by atoms with Crippen LogP contribution in [0.25, 0.3) is 0 Å². The van der Waals surface area contributed by atoms with Crippen LogP contribution in [0.4, 0.5) is 4.39 Å². The molecule has 4 atom stereocenters. The maximum Gasteiger partial charge on any atom is 0.116 e. The van der Waals surface area contributed by atoms with E-state index in [4.69, 9.17) is 0 Å². The number of alkyl halides is 1. The largest absolute Gasteiger partial charge is 0.314 e. The molecule has 0 aliphatic heterocycles. The van der Waals surface area contributed by atoms with Gasteiger partial charge in [-0.05, 0) is 31.7 Å². The Morgan fingerprint density at radius 1 is 1.42 bits per heavy atom. The minimum atomic E-state index is -0.635. The van der Waals surface area contributed by atoms with Crippen LogP contribution in [0, 0.1) is 11.8 Å². The van der Waals surface area contributed by atoms with Gasteiger partial charge in [-0.2, -0.15) is 0 Å². The highest BCUT2D eigenvalue weighted by Gasteiger charge is 2.34. The standard InChI is InChI=1S/C10H20FN/c1-4-8-5-7(2)6-9(11)10(8)12-3/h7-10,12H,4-6H2,1-3H3. The van der Waals surface area contributed by atoms with Crippen molar-refractivity contribution in [2.45, 2.75) is 45.3 Å². The van der Waals surface area contributed by atoms with E-state index in [9.17, 15) is 4.39 Å². The third-order valence-electron chi connectivity index (χ3n) is 3.09. The maximum absolute atomic E-state index is 13.5. The van der Waals surface area contributed by atoms with E-state index >= 15 is 0 Å². The van der Waals surface area contributed by atoms with E-state index in [-0.39, 0.29) is 6.04 Å². The van der Waals surface area contributed by atoms with Crippen LogP contribution in [0.3, 0.4) is 0 Å². The molecule has 12 heavy (non-hydrogen) atoms. The van der Waals surface area contributed by atoms with E-state index in [2.05, 4.69) is 19.2 Å². The first-order chi connectivity index (χ1) is 5.69. The molecule has 1 N–H and O–H groups in total. The fraction of sp³-hybridized carbons (Fsp3) is 1.00. The van der Waals surface area contributed by atoms with Gasteiger partial charge < -0.3 is 5.32 Å². The van der Waals surface area contributed by atoms with Gasteiger partial charge >= 0.3 is 0 Å². The van der Waals surface area contributed by atoms with E-state index in [1.54, 1.807) is 0 Å². The smallest absolute Gasteiger partial charge is 0.116 e. The number of hydrogen-bond acceptors (Lipinski definition) is 1. The van der Waals surface area contributed by atoms with Crippen molar-refractivity contribution in [2.24, 2.45) is 11.8 Å². The van der Waals surface area contributed by atoms with Gasteiger partial charge in [-0.1, -0.05) is 20.3 Å². The SMILES string of the molecule is CCC1CC(C)CC(F)C1NC. The zero-order valence-corrected chi connectivity index (χ0v) is 8.31. The minimum absolute atomic E-state index is 0.103. The van der Waals surface area contributed by atoms with Crippen molar-refractivity contribution in [3.8, 4) is 0 Å². The second-order valence-corrected chi connectivity index (χ2v) is 4.08. The molecule has 0 saturated heterocycles. The fourth-order valence-electron chi connectivity index (χ4n) is 2.42. The van der Waals surface area contributed by atoms with Crippen LogP contribution in [-0.2, 0) is 0 Å². The van der Waals surface area contributed by atoms with Gasteiger partial charge in [-0.15, -0.1) is 0 Å². The molecule has 1 saturated carbocycles. The Morgan fingerprint density at radius 2 is 2.08 bits per heavy atom. The first-order valence-corrected chi connectivity index (χ1v) is 5.00. The second kappa shape index (κ2) is 4.22. The molecule has 1 rings (SSSR count). The summed E-state index contributed by atoms with van der Waals surface area (Å²) >= 11 is 0. The normalized spacial score (nSPS) is 43.0. The third kappa shape index (κ3) is 1.98. The van der Waals surface area contributed by atoms with Crippen molar-refractivity contribution in [1.82, 2.24) is 5.32 Å². The molecule has 1 aliphatic carbocycles. The summed E-state index contributed by atoms with van der Waals surface area (Å²) in [7, 11) is 1.87. The van der Waals surface area contributed by atoms with Crippen molar-refractivity contribution in [3.63, 3.8) is 0 Å². The van der Waals surface area contributed by atoms with Crippen LogP contribution >= 0.6 is 0 Å². The molecule has 2 heteroatoms. The molecule has 4 unspecified atom stereocenters.